The van der Waals surface area contributed by atoms with Crippen LogP contribution in [0.4, 0.5) is 10.5 Å². The zero-order valence-corrected chi connectivity index (χ0v) is 32.6. The summed E-state index contributed by atoms with van der Waals surface area (Å²) in [6, 6.07) is 28.1. The Kier molecular flexibility index (Phi) is 11.8. The number of nitrogens with one attached hydrogen (secondary N) is 2. The number of anilines is 1. The highest BCUT2D eigenvalue weighted by atomic mass is 35.5. The number of hydrogen-bond donors (Lipinski definition) is 2. The van der Waals surface area contributed by atoms with Crippen molar-refractivity contribution < 1.29 is 27.5 Å². The van der Waals surface area contributed by atoms with E-state index in [0.29, 0.717) is 36.6 Å². The minimum atomic E-state index is -4.06. The molecule has 2 aliphatic rings. The highest BCUT2D eigenvalue weighted by Crippen LogP contribution is 2.35. The summed E-state index contributed by atoms with van der Waals surface area (Å²) in [5.74, 6) is -0.784. The number of benzene rings is 4. The van der Waals surface area contributed by atoms with Gasteiger partial charge in [0.2, 0.25) is 11.8 Å². The molecule has 0 radical (unpaired) electrons. The maximum atomic E-state index is 14.4. The third-order valence-electron chi connectivity index (χ3n) is 9.90. The second-order valence-electron chi connectivity index (χ2n) is 14.9. The van der Waals surface area contributed by atoms with Gasteiger partial charge in [-0.05, 0) is 92.1 Å². The van der Waals surface area contributed by atoms with Gasteiger partial charge in [-0.25, -0.2) is 13.2 Å². The Morgan fingerprint density at radius 1 is 0.909 bits per heavy atom. The molecule has 2 N–H and O–H groups in total. The number of rotatable bonds is 9. The van der Waals surface area contributed by atoms with Gasteiger partial charge in [0.25, 0.3) is 10.0 Å². The highest BCUT2D eigenvalue weighted by Gasteiger charge is 2.39. The Balaban J connectivity index is 1.20. The number of piperidine rings is 1. The number of nitrogens with zero attached hydrogens (tertiary/aromatic N) is 3. The van der Waals surface area contributed by atoms with E-state index < -0.39 is 39.7 Å². The fourth-order valence-electron chi connectivity index (χ4n) is 7.16. The number of amides is 3. The topological polar surface area (TPSA) is 149 Å². The first kappa shape index (κ1) is 39.3. The number of nitriles is 1. The summed E-state index contributed by atoms with van der Waals surface area (Å²) in [6.45, 7) is 6.25. The Morgan fingerprint density at radius 2 is 1.55 bits per heavy atom. The molecule has 55 heavy (non-hydrogen) atoms. The lowest BCUT2D eigenvalue weighted by atomic mass is 9.88. The van der Waals surface area contributed by atoms with Crippen molar-refractivity contribution in [3.05, 3.63) is 130 Å². The standard InChI is InChI=1S/C42H44ClN5O6S/c1-42(2,3)54-41(51)48-27-32-12-5-4-10-30(32)25-37(48)39(49)45-36(24-28-16-18-33(43)19-17-28)40(50)47-22-20-29(21-23-47)34-13-7-8-14-35(34)46-55(52,53)38-15-9-6-11-31(38)26-44/h4-19,29,36-37,46H,20-25,27H2,1-3H3,(H,45,49). The summed E-state index contributed by atoms with van der Waals surface area (Å²) in [4.78, 5) is 45.1. The molecule has 0 aromatic heterocycles. The van der Waals surface area contributed by atoms with Gasteiger partial charge in [0.15, 0.2) is 0 Å². The molecule has 4 aromatic rings. The van der Waals surface area contributed by atoms with E-state index in [1.807, 2.05) is 54.6 Å². The Morgan fingerprint density at radius 3 is 2.24 bits per heavy atom. The lowest BCUT2D eigenvalue weighted by Crippen LogP contribution is -2.58. The van der Waals surface area contributed by atoms with E-state index in [1.165, 1.54) is 17.0 Å². The molecule has 1 saturated heterocycles. The van der Waals surface area contributed by atoms with Gasteiger partial charge in [0.1, 0.15) is 28.6 Å². The quantitative estimate of drug-likeness (QED) is 0.190. The minimum absolute atomic E-state index is 0.0467. The molecule has 1 fully saturated rings. The van der Waals surface area contributed by atoms with Crippen molar-refractivity contribution in [1.82, 2.24) is 15.1 Å². The first-order valence-corrected chi connectivity index (χ1v) is 20.1. The molecule has 0 aliphatic carbocycles. The van der Waals surface area contributed by atoms with Crippen LogP contribution in [-0.4, -0.2) is 66.9 Å². The Hall–Kier alpha value is -5.38. The molecule has 2 unspecified atom stereocenters. The van der Waals surface area contributed by atoms with Crippen molar-refractivity contribution in [3.63, 3.8) is 0 Å². The van der Waals surface area contributed by atoms with E-state index >= 15 is 0 Å². The van der Waals surface area contributed by atoms with Crippen LogP contribution in [0.3, 0.4) is 0 Å². The predicted molar refractivity (Wildman–Crippen MR) is 210 cm³/mol. The largest absolute Gasteiger partial charge is 0.444 e. The maximum absolute atomic E-state index is 14.4. The molecule has 6 rings (SSSR count). The zero-order valence-electron chi connectivity index (χ0n) is 31.0. The lowest BCUT2D eigenvalue weighted by Gasteiger charge is -2.38. The number of hydrogen-bond acceptors (Lipinski definition) is 7. The molecule has 13 heteroatoms. The molecule has 4 aromatic carbocycles. The molecule has 2 atom stereocenters. The Labute approximate surface area is 327 Å². The van der Waals surface area contributed by atoms with E-state index in [1.54, 1.807) is 62.1 Å². The molecular weight excluding hydrogens is 738 g/mol. The number of carbonyl (C=O) groups excluding carboxylic acids is 3. The van der Waals surface area contributed by atoms with E-state index in [2.05, 4.69) is 10.0 Å². The summed E-state index contributed by atoms with van der Waals surface area (Å²) in [5.41, 5.74) is 3.15. The fraction of sp³-hybridized carbons (Fsp3) is 0.333. The summed E-state index contributed by atoms with van der Waals surface area (Å²) in [7, 11) is -4.06. The van der Waals surface area contributed by atoms with Gasteiger partial charge in [0.05, 0.1) is 17.8 Å². The van der Waals surface area contributed by atoms with Crippen molar-refractivity contribution in [2.45, 2.75) is 81.5 Å². The van der Waals surface area contributed by atoms with Gasteiger partial charge in [-0.2, -0.15) is 5.26 Å². The molecule has 2 heterocycles. The predicted octanol–water partition coefficient (Wildman–Crippen LogP) is 6.81. The number of sulfonamides is 1. The molecule has 0 bridgehead atoms. The summed E-state index contributed by atoms with van der Waals surface area (Å²) >= 11 is 6.16. The molecule has 3 amide bonds. The zero-order chi connectivity index (χ0) is 39.3. The number of halogens is 1. The summed E-state index contributed by atoms with van der Waals surface area (Å²) < 4.78 is 35.2. The van der Waals surface area contributed by atoms with Crippen LogP contribution < -0.4 is 10.0 Å². The van der Waals surface area contributed by atoms with Crippen LogP contribution in [0.2, 0.25) is 5.02 Å². The number of likely N-dealkylation sites (tertiary alicyclic amines) is 1. The van der Waals surface area contributed by atoms with Gasteiger partial charge in [-0.3, -0.25) is 19.2 Å². The number of ether oxygens (including phenoxy) is 1. The smallest absolute Gasteiger partial charge is 0.411 e. The monoisotopic (exact) mass is 781 g/mol. The number of fused-ring (bicyclic) bond motifs is 1. The molecule has 11 nitrogen and oxygen atoms in total. The first-order valence-electron chi connectivity index (χ1n) is 18.2. The Bertz CT molecular complexity index is 2210. The number of para-hydroxylation sites is 1. The van der Waals surface area contributed by atoms with Crippen LogP contribution in [0.25, 0.3) is 0 Å². The van der Waals surface area contributed by atoms with Gasteiger partial charge >= 0.3 is 6.09 Å². The average Bonchev–Trinajstić information content (AvgIpc) is 3.17. The van der Waals surface area contributed by atoms with Crippen molar-refractivity contribution in [2.75, 3.05) is 17.8 Å². The van der Waals surface area contributed by atoms with Crippen LogP contribution in [-0.2, 0) is 43.7 Å². The van der Waals surface area contributed by atoms with Gasteiger partial charge < -0.3 is 15.0 Å². The molecular formula is C42H44ClN5O6S. The van der Waals surface area contributed by atoms with E-state index in [0.717, 1.165) is 22.3 Å². The van der Waals surface area contributed by atoms with Crippen LogP contribution in [0.5, 0.6) is 0 Å². The van der Waals surface area contributed by atoms with Crippen LogP contribution in [0.1, 0.15) is 67.3 Å². The average molecular weight is 782 g/mol. The molecule has 286 valence electrons. The minimum Gasteiger partial charge on any atom is -0.444 e. The highest BCUT2D eigenvalue weighted by molar-refractivity contribution is 7.92. The first-order chi connectivity index (χ1) is 26.2. The van der Waals surface area contributed by atoms with Crippen LogP contribution >= 0.6 is 11.6 Å². The third kappa shape index (κ3) is 9.47. The van der Waals surface area contributed by atoms with Crippen molar-refractivity contribution in [3.8, 4) is 6.07 Å². The van der Waals surface area contributed by atoms with E-state index in [9.17, 15) is 28.1 Å². The van der Waals surface area contributed by atoms with Crippen LogP contribution in [0.15, 0.2) is 102 Å². The van der Waals surface area contributed by atoms with E-state index in [-0.39, 0.29) is 41.7 Å². The van der Waals surface area contributed by atoms with Gasteiger partial charge in [0, 0.05) is 31.0 Å². The summed E-state index contributed by atoms with van der Waals surface area (Å²) in [6.07, 6.45) is 0.951. The van der Waals surface area contributed by atoms with Crippen molar-refractivity contribution in [1.29, 1.82) is 5.26 Å². The molecule has 2 aliphatic heterocycles. The molecule has 0 spiro atoms. The summed E-state index contributed by atoms with van der Waals surface area (Å²) in [5, 5.41) is 13.1. The number of carbonyl (C=O) groups is 3. The van der Waals surface area contributed by atoms with Crippen molar-refractivity contribution >= 4 is 45.2 Å². The van der Waals surface area contributed by atoms with Gasteiger partial charge in [-0.15, -0.1) is 0 Å². The molecule has 0 saturated carbocycles. The fourth-order valence-corrected chi connectivity index (χ4v) is 8.54. The van der Waals surface area contributed by atoms with Crippen molar-refractivity contribution in [2.24, 2.45) is 0 Å². The second kappa shape index (κ2) is 16.6. The van der Waals surface area contributed by atoms with E-state index in [4.69, 9.17) is 16.3 Å². The second-order valence-corrected chi connectivity index (χ2v) is 17.0. The van der Waals surface area contributed by atoms with Crippen LogP contribution in [0, 0.1) is 11.3 Å². The van der Waals surface area contributed by atoms with Gasteiger partial charge in [-0.1, -0.05) is 78.3 Å². The maximum Gasteiger partial charge on any atom is 0.411 e. The lowest BCUT2D eigenvalue weighted by molar-refractivity contribution is -0.138. The normalized spacial score (nSPS) is 16.7. The SMILES string of the molecule is CC(C)(C)OC(=O)N1Cc2ccccc2CC1C(=O)NC(Cc1ccc(Cl)cc1)C(=O)N1CCC(c2ccccc2NS(=O)(=O)c2ccccc2C#N)CC1. The third-order valence-corrected chi connectivity index (χ3v) is 11.6.